The third-order valence-corrected chi connectivity index (χ3v) is 5.78. The monoisotopic (exact) mass is 404 g/mol. The van der Waals surface area contributed by atoms with E-state index >= 15 is 0 Å². The van der Waals surface area contributed by atoms with Gasteiger partial charge in [0.1, 0.15) is 0 Å². The molecule has 2 rings (SSSR count). The molecule has 1 aromatic carbocycles. The minimum atomic E-state index is 0.359. The maximum absolute atomic E-state index is 5.39. The SMILES string of the molecule is COc1cc(Br)c(C(Br)CCC2CCCC2)cc1OC. The molecule has 2 nitrogen and oxygen atoms in total. The summed E-state index contributed by atoms with van der Waals surface area (Å²) in [5.41, 5.74) is 1.24. The van der Waals surface area contributed by atoms with Crippen molar-refractivity contribution < 1.29 is 9.47 Å². The van der Waals surface area contributed by atoms with Gasteiger partial charge in [-0.3, -0.25) is 0 Å². The van der Waals surface area contributed by atoms with Gasteiger partial charge in [0.15, 0.2) is 11.5 Å². The first-order valence-electron chi connectivity index (χ1n) is 7.21. The van der Waals surface area contributed by atoms with Crippen LogP contribution in [0.15, 0.2) is 16.6 Å². The predicted molar refractivity (Wildman–Crippen MR) is 90.1 cm³/mol. The molecule has 0 radical (unpaired) electrons. The molecule has 1 aromatic rings. The molecule has 0 amide bonds. The van der Waals surface area contributed by atoms with Crippen LogP contribution in [0.5, 0.6) is 11.5 Å². The van der Waals surface area contributed by atoms with Gasteiger partial charge in [-0.15, -0.1) is 0 Å². The van der Waals surface area contributed by atoms with Crippen molar-refractivity contribution in [2.75, 3.05) is 14.2 Å². The molecule has 1 aliphatic rings. The fourth-order valence-corrected chi connectivity index (χ4v) is 4.50. The number of ether oxygens (including phenoxy) is 2. The van der Waals surface area contributed by atoms with Crippen molar-refractivity contribution >= 4 is 31.9 Å². The lowest BCUT2D eigenvalue weighted by atomic mass is 9.98. The van der Waals surface area contributed by atoms with E-state index in [0.717, 1.165) is 21.9 Å². The topological polar surface area (TPSA) is 18.5 Å². The van der Waals surface area contributed by atoms with Crippen LogP contribution < -0.4 is 9.47 Å². The minimum Gasteiger partial charge on any atom is -0.493 e. The summed E-state index contributed by atoms with van der Waals surface area (Å²) in [5, 5.41) is 0. The highest BCUT2D eigenvalue weighted by atomic mass is 79.9. The van der Waals surface area contributed by atoms with Gasteiger partial charge in [0.05, 0.1) is 14.2 Å². The molecule has 0 aliphatic heterocycles. The van der Waals surface area contributed by atoms with Gasteiger partial charge in [-0.2, -0.15) is 0 Å². The highest BCUT2D eigenvalue weighted by molar-refractivity contribution is 9.11. The second kappa shape index (κ2) is 7.69. The Morgan fingerprint density at radius 3 is 2.35 bits per heavy atom. The van der Waals surface area contributed by atoms with Crippen LogP contribution in [0, 0.1) is 5.92 Å². The number of hydrogen-bond acceptors (Lipinski definition) is 2. The molecule has 112 valence electrons. The van der Waals surface area contributed by atoms with E-state index in [4.69, 9.17) is 9.47 Å². The summed E-state index contributed by atoms with van der Waals surface area (Å²) in [7, 11) is 3.34. The molecule has 1 unspecified atom stereocenters. The summed E-state index contributed by atoms with van der Waals surface area (Å²) in [5.74, 6) is 2.48. The number of rotatable bonds is 6. The van der Waals surface area contributed by atoms with Gasteiger partial charge in [-0.1, -0.05) is 57.5 Å². The normalized spacial score (nSPS) is 17.2. The lowest BCUT2D eigenvalue weighted by molar-refractivity contribution is 0.354. The predicted octanol–water partition coefficient (Wildman–Crippen LogP) is 5.87. The average Bonchev–Trinajstić information content (AvgIpc) is 2.97. The first-order valence-corrected chi connectivity index (χ1v) is 8.92. The van der Waals surface area contributed by atoms with Crippen molar-refractivity contribution in [3.05, 3.63) is 22.2 Å². The van der Waals surface area contributed by atoms with Gasteiger partial charge < -0.3 is 9.47 Å². The van der Waals surface area contributed by atoms with E-state index < -0.39 is 0 Å². The fraction of sp³-hybridized carbons (Fsp3) is 0.625. The number of methoxy groups -OCH3 is 2. The molecule has 0 spiro atoms. The quantitative estimate of drug-likeness (QED) is 0.550. The zero-order chi connectivity index (χ0) is 14.5. The second-order valence-corrected chi connectivity index (χ2v) is 7.38. The number of hydrogen-bond donors (Lipinski definition) is 0. The first kappa shape index (κ1) is 16.2. The molecule has 0 aromatic heterocycles. The van der Waals surface area contributed by atoms with E-state index in [-0.39, 0.29) is 0 Å². The molecular weight excluding hydrogens is 384 g/mol. The number of alkyl halides is 1. The highest BCUT2D eigenvalue weighted by Gasteiger charge is 2.19. The maximum atomic E-state index is 5.39. The zero-order valence-corrected chi connectivity index (χ0v) is 15.3. The average molecular weight is 406 g/mol. The van der Waals surface area contributed by atoms with E-state index in [2.05, 4.69) is 37.9 Å². The van der Waals surface area contributed by atoms with Crippen molar-refractivity contribution in [3.8, 4) is 11.5 Å². The molecule has 0 bridgehead atoms. The molecule has 1 atom stereocenters. The Morgan fingerprint density at radius 1 is 1.15 bits per heavy atom. The molecule has 0 saturated heterocycles. The summed E-state index contributed by atoms with van der Waals surface area (Å²) in [6.45, 7) is 0. The first-order chi connectivity index (χ1) is 9.65. The molecule has 1 saturated carbocycles. The summed E-state index contributed by atoms with van der Waals surface area (Å²) in [4.78, 5) is 0.359. The summed E-state index contributed by atoms with van der Waals surface area (Å²) in [6.07, 6.45) is 8.12. The van der Waals surface area contributed by atoms with Crippen LogP contribution in [0.25, 0.3) is 0 Å². The second-order valence-electron chi connectivity index (χ2n) is 5.42. The smallest absolute Gasteiger partial charge is 0.161 e. The molecule has 20 heavy (non-hydrogen) atoms. The highest BCUT2D eigenvalue weighted by Crippen LogP contribution is 2.41. The molecule has 4 heteroatoms. The molecule has 1 fully saturated rings. The van der Waals surface area contributed by atoms with Gasteiger partial charge in [-0.25, -0.2) is 0 Å². The maximum Gasteiger partial charge on any atom is 0.161 e. The standard InChI is InChI=1S/C16H22Br2O2/c1-19-15-9-12(14(18)10-16(15)20-2)13(17)8-7-11-5-3-4-6-11/h9-11,13H,3-8H2,1-2H3. The van der Waals surface area contributed by atoms with Gasteiger partial charge >= 0.3 is 0 Å². The Balaban J connectivity index is 2.06. The Hall–Kier alpha value is -0.220. The Kier molecular flexibility index (Phi) is 6.21. The molecular formula is C16H22Br2O2. The van der Waals surface area contributed by atoms with Crippen LogP contribution in [0.1, 0.15) is 48.9 Å². The summed E-state index contributed by atoms with van der Waals surface area (Å²) >= 11 is 7.47. The lowest BCUT2D eigenvalue weighted by Crippen LogP contribution is -1.99. The largest absolute Gasteiger partial charge is 0.493 e. The summed E-state index contributed by atoms with van der Waals surface area (Å²) < 4.78 is 11.8. The van der Waals surface area contributed by atoms with Crippen molar-refractivity contribution in [2.45, 2.75) is 43.4 Å². The number of halogens is 2. The van der Waals surface area contributed by atoms with Crippen LogP contribution in [0.2, 0.25) is 0 Å². The Bertz CT molecular complexity index is 442. The van der Waals surface area contributed by atoms with Crippen molar-refractivity contribution in [2.24, 2.45) is 5.92 Å². The van der Waals surface area contributed by atoms with Gasteiger partial charge in [0.25, 0.3) is 0 Å². The third-order valence-electron chi connectivity index (χ3n) is 4.14. The molecule has 0 heterocycles. The van der Waals surface area contributed by atoms with Crippen molar-refractivity contribution in [1.29, 1.82) is 0 Å². The van der Waals surface area contributed by atoms with E-state index in [1.807, 2.05) is 6.07 Å². The van der Waals surface area contributed by atoms with Crippen LogP contribution in [-0.2, 0) is 0 Å². The van der Waals surface area contributed by atoms with Gasteiger partial charge in [-0.05, 0) is 36.5 Å². The lowest BCUT2D eigenvalue weighted by Gasteiger charge is -2.17. The van der Waals surface area contributed by atoms with Crippen LogP contribution in [0.3, 0.4) is 0 Å². The van der Waals surface area contributed by atoms with Crippen LogP contribution in [0.4, 0.5) is 0 Å². The Labute approximate surface area is 138 Å². The number of benzene rings is 1. The Morgan fingerprint density at radius 2 is 1.75 bits per heavy atom. The van der Waals surface area contributed by atoms with E-state index in [1.165, 1.54) is 44.1 Å². The van der Waals surface area contributed by atoms with Gasteiger partial charge in [0.2, 0.25) is 0 Å². The van der Waals surface area contributed by atoms with E-state index in [0.29, 0.717) is 4.83 Å². The van der Waals surface area contributed by atoms with Gasteiger partial charge in [0, 0.05) is 9.30 Å². The van der Waals surface area contributed by atoms with E-state index in [1.54, 1.807) is 14.2 Å². The minimum absolute atomic E-state index is 0.359. The van der Waals surface area contributed by atoms with Crippen LogP contribution in [-0.4, -0.2) is 14.2 Å². The summed E-state index contributed by atoms with van der Waals surface area (Å²) in [6, 6.07) is 4.05. The van der Waals surface area contributed by atoms with Crippen LogP contribution >= 0.6 is 31.9 Å². The molecule has 1 aliphatic carbocycles. The van der Waals surface area contributed by atoms with Crippen molar-refractivity contribution in [1.82, 2.24) is 0 Å². The third kappa shape index (κ3) is 3.91. The van der Waals surface area contributed by atoms with Crippen molar-refractivity contribution in [3.63, 3.8) is 0 Å². The molecule has 0 N–H and O–H groups in total. The zero-order valence-electron chi connectivity index (χ0n) is 12.1. The fourth-order valence-electron chi connectivity index (χ4n) is 2.95. The van der Waals surface area contributed by atoms with E-state index in [9.17, 15) is 0 Å².